The van der Waals surface area contributed by atoms with Crippen molar-refractivity contribution in [3.8, 4) is 0 Å². The zero-order valence-electron chi connectivity index (χ0n) is 21.8. The quantitative estimate of drug-likeness (QED) is 0.285. The topological polar surface area (TPSA) is 87.2 Å². The highest BCUT2D eigenvalue weighted by molar-refractivity contribution is 8.02. The lowest BCUT2D eigenvalue weighted by Crippen LogP contribution is -2.55. The van der Waals surface area contributed by atoms with Crippen molar-refractivity contribution in [2.75, 3.05) is 26.3 Å². The number of rotatable bonds is 9. The highest BCUT2D eigenvalue weighted by Crippen LogP contribution is 2.60. The maximum Gasteiger partial charge on any atom is 0.311 e. The number of hydrogen-bond donors (Lipinski definition) is 1. The summed E-state index contributed by atoms with van der Waals surface area (Å²) in [6, 6.07) is -0.533. The van der Waals surface area contributed by atoms with E-state index < -0.39 is 22.6 Å². The molecule has 7 nitrogen and oxygen atoms in total. The zero-order chi connectivity index (χ0) is 25.7. The number of amides is 2. The van der Waals surface area contributed by atoms with Gasteiger partial charge in [0, 0.05) is 31.0 Å². The van der Waals surface area contributed by atoms with Crippen LogP contribution in [0.5, 0.6) is 0 Å². The Kier molecular flexibility index (Phi) is 9.20. The van der Waals surface area contributed by atoms with Crippen LogP contribution in [0.2, 0.25) is 0 Å². The minimum absolute atomic E-state index is 0.000668. The maximum absolute atomic E-state index is 14.2. The Morgan fingerprint density at radius 3 is 2.72 bits per heavy atom. The molecule has 0 radical (unpaired) electrons. The molecule has 0 aliphatic carbocycles. The van der Waals surface area contributed by atoms with E-state index in [2.05, 4.69) is 38.2 Å². The van der Waals surface area contributed by atoms with Crippen molar-refractivity contribution in [1.29, 1.82) is 0 Å². The summed E-state index contributed by atoms with van der Waals surface area (Å²) >= 11 is 1.62. The monoisotopic (exact) mass is 518 g/mol. The summed E-state index contributed by atoms with van der Waals surface area (Å²) in [4.78, 5) is 45.4. The molecule has 0 aromatic heterocycles. The molecule has 200 valence electrons. The normalized spacial score (nSPS) is 34.0. The molecule has 0 saturated carbocycles. The van der Waals surface area contributed by atoms with Gasteiger partial charge in [0.05, 0.1) is 23.2 Å². The van der Waals surface area contributed by atoms with Crippen LogP contribution in [0.3, 0.4) is 0 Å². The second kappa shape index (κ2) is 12.2. The van der Waals surface area contributed by atoms with Crippen molar-refractivity contribution in [2.45, 2.75) is 93.7 Å². The zero-order valence-corrected chi connectivity index (χ0v) is 22.6. The number of allylic oxidation sites excluding steroid dienone is 1. The number of hydrogen-bond acceptors (Lipinski definition) is 6. The SMILES string of the molecule is CCCC(C)N1CC=C[C@]23S[C@H]4/C=C\CCCCOC(=O)[C@H]4[C@H]2C(=O)N(CCCCCCO)C3C1=O. The fraction of sp³-hybridized carbons (Fsp3) is 0.750. The van der Waals surface area contributed by atoms with E-state index in [9.17, 15) is 14.4 Å². The summed E-state index contributed by atoms with van der Waals surface area (Å²) in [5.41, 5.74) is 0. The van der Waals surface area contributed by atoms with Crippen molar-refractivity contribution in [1.82, 2.24) is 9.80 Å². The first-order valence-corrected chi connectivity index (χ1v) is 14.7. The molecule has 1 spiro atoms. The van der Waals surface area contributed by atoms with E-state index in [-0.39, 0.29) is 35.7 Å². The molecule has 2 amide bonds. The predicted molar refractivity (Wildman–Crippen MR) is 141 cm³/mol. The number of unbranched alkanes of at least 4 members (excludes halogenated alkanes) is 3. The first-order valence-electron chi connectivity index (χ1n) is 13.9. The number of thioether (sulfide) groups is 1. The summed E-state index contributed by atoms with van der Waals surface area (Å²) in [6.45, 7) is 5.77. The molecule has 4 aliphatic rings. The van der Waals surface area contributed by atoms with Gasteiger partial charge in [-0.3, -0.25) is 14.4 Å². The van der Waals surface area contributed by atoms with Gasteiger partial charge in [-0.15, -0.1) is 11.8 Å². The van der Waals surface area contributed by atoms with E-state index in [0.29, 0.717) is 19.7 Å². The lowest BCUT2D eigenvalue weighted by atomic mass is 9.78. The number of fused-ring (bicyclic) bond motifs is 2. The smallest absolute Gasteiger partial charge is 0.311 e. The molecule has 36 heavy (non-hydrogen) atoms. The average Bonchev–Trinajstić information content (AvgIpc) is 3.24. The first-order chi connectivity index (χ1) is 17.5. The van der Waals surface area contributed by atoms with Crippen LogP contribution in [0, 0.1) is 11.8 Å². The van der Waals surface area contributed by atoms with Crippen LogP contribution < -0.4 is 0 Å². The number of esters is 1. The van der Waals surface area contributed by atoms with Gasteiger partial charge in [0.1, 0.15) is 6.04 Å². The van der Waals surface area contributed by atoms with Gasteiger partial charge in [-0.05, 0) is 45.4 Å². The standard InChI is InChI=1S/C28H42N2O5S/c1-3-13-20(2)29-17-12-15-28-23(22-21(36-28)14-8-4-7-11-19-35-27(22)34)25(32)30(24(28)26(29)33)16-9-5-6-10-18-31/h8,12,14-15,20-24,31H,3-7,9-11,13,16-19H2,1-2H3/b14-8-/t20?,21-,22+,23-,24?,28-/m0/s1. The Morgan fingerprint density at radius 2 is 1.94 bits per heavy atom. The van der Waals surface area contributed by atoms with Gasteiger partial charge in [-0.25, -0.2) is 0 Å². The Hall–Kier alpha value is -1.80. The van der Waals surface area contributed by atoms with Crippen molar-refractivity contribution in [3.05, 3.63) is 24.3 Å². The Balaban J connectivity index is 1.71. The summed E-state index contributed by atoms with van der Waals surface area (Å²) < 4.78 is 4.90. The number of aliphatic hydroxyl groups excluding tert-OH is 1. The molecule has 0 aromatic carbocycles. The molecule has 2 saturated heterocycles. The maximum atomic E-state index is 14.2. The Labute approximate surface area is 219 Å². The van der Waals surface area contributed by atoms with E-state index >= 15 is 0 Å². The van der Waals surface area contributed by atoms with Crippen LogP contribution in [0.25, 0.3) is 0 Å². The second-order valence-corrected chi connectivity index (χ2v) is 12.1. The highest BCUT2D eigenvalue weighted by Gasteiger charge is 2.70. The molecule has 2 unspecified atom stereocenters. The average molecular weight is 519 g/mol. The van der Waals surface area contributed by atoms with E-state index in [1.54, 1.807) is 16.7 Å². The summed E-state index contributed by atoms with van der Waals surface area (Å²) in [7, 11) is 0. The Morgan fingerprint density at radius 1 is 1.14 bits per heavy atom. The largest absolute Gasteiger partial charge is 0.465 e. The number of cyclic esters (lactones) is 1. The molecule has 4 heterocycles. The highest BCUT2D eigenvalue weighted by atomic mass is 32.2. The van der Waals surface area contributed by atoms with Crippen molar-refractivity contribution in [2.24, 2.45) is 11.8 Å². The third-order valence-electron chi connectivity index (χ3n) is 8.18. The van der Waals surface area contributed by atoms with E-state index in [1.807, 2.05) is 4.90 Å². The summed E-state index contributed by atoms with van der Waals surface area (Å²) in [6.07, 6.45) is 16.2. The molecule has 1 N–H and O–H groups in total. The molecule has 6 atom stereocenters. The van der Waals surface area contributed by atoms with Crippen LogP contribution in [0.15, 0.2) is 24.3 Å². The number of carbonyl (C=O) groups is 3. The van der Waals surface area contributed by atoms with Crippen LogP contribution in [0.1, 0.15) is 71.6 Å². The van der Waals surface area contributed by atoms with Crippen LogP contribution >= 0.6 is 11.8 Å². The van der Waals surface area contributed by atoms with Gasteiger partial charge in [0.15, 0.2) is 0 Å². The van der Waals surface area contributed by atoms with Gasteiger partial charge in [-0.2, -0.15) is 0 Å². The molecule has 8 heteroatoms. The fourth-order valence-electron chi connectivity index (χ4n) is 6.39. The first kappa shape index (κ1) is 27.2. The number of ether oxygens (including phenoxy) is 1. The molecular weight excluding hydrogens is 476 g/mol. The predicted octanol–water partition coefficient (Wildman–Crippen LogP) is 3.71. The molecule has 2 fully saturated rings. The van der Waals surface area contributed by atoms with Gasteiger partial charge < -0.3 is 19.6 Å². The van der Waals surface area contributed by atoms with Gasteiger partial charge in [0.25, 0.3) is 0 Å². The van der Waals surface area contributed by atoms with Crippen LogP contribution in [-0.2, 0) is 19.1 Å². The third-order valence-corrected chi connectivity index (χ3v) is 9.92. The number of likely N-dealkylation sites (tertiary alicyclic amines) is 1. The van der Waals surface area contributed by atoms with E-state index in [4.69, 9.17) is 9.84 Å². The minimum Gasteiger partial charge on any atom is -0.465 e. The third kappa shape index (κ3) is 5.13. The van der Waals surface area contributed by atoms with Crippen molar-refractivity contribution < 1.29 is 24.2 Å². The fourth-order valence-corrected chi connectivity index (χ4v) is 8.39. The number of carbonyl (C=O) groups excluding carboxylic acids is 3. The van der Waals surface area contributed by atoms with Gasteiger partial charge in [-0.1, -0.05) is 50.5 Å². The number of aliphatic hydroxyl groups is 1. The minimum atomic E-state index is -0.771. The Bertz CT molecular complexity index is 876. The molecular formula is C28H42N2O5S. The molecule has 0 aromatic rings. The second-order valence-electron chi connectivity index (χ2n) is 10.6. The van der Waals surface area contributed by atoms with Crippen molar-refractivity contribution >= 4 is 29.5 Å². The van der Waals surface area contributed by atoms with Gasteiger partial charge >= 0.3 is 5.97 Å². The summed E-state index contributed by atoms with van der Waals surface area (Å²) in [5.74, 6) is -1.59. The van der Waals surface area contributed by atoms with Crippen molar-refractivity contribution in [3.63, 3.8) is 0 Å². The molecule has 4 rings (SSSR count). The van der Waals surface area contributed by atoms with E-state index in [0.717, 1.165) is 57.8 Å². The van der Waals surface area contributed by atoms with Crippen LogP contribution in [-0.4, -0.2) is 81.1 Å². The lowest BCUT2D eigenvalue weighted by molar-refractivity contribution is -0.153. The number of nitrogens with zero attached hydrogens (tertiary/aromatic N) is 2. The molecule has 0 bridgehead atoms. The van der Waals surface area contributed by atoms with Crippen LogP contribution in [0.4, 0.5) is 0 Å². The molecule has 4 aliphatic heterocycles. The summed E-state index contributed by atoms with van der Waals surface area (Å²) in [5, 5.41) is 8.93. The lowest BCUT2D eigenvalue weighted by Gasteiger charge is -2.37. The van der Waals surface area contributed by atoms with Gasteiger partial charge in [0.2, 0.25) is 11.8 Å². The van der Waals surface area contributed by atoms with E-state index in [1.165, 1.54) is 0 Å².